The fraction of sp³-hybridized carbons (Fsp3) is 0.297. The van der Waals surface area contributed by atoms with Crippen molar-refractivity contribution in [3.8, 4) is 28.5 Å². The highest BCUT2D eigenvalue weighted by atomic mass is 32.1. The average molecular weight is 700 g/mol. The molecule has 0 radical (unpaired) electrons. The molecular formula is C37H38N3O7PS. The number of benzene rings is 3. The van der Waals surface area contributed by atoms with Crippen LogP contribution in [0.3, 0.4) is 0 Å². The number of carbonyl (C=O) groups excluding carboxylic acids is 2. The van der Waals surface area contributed by atoms with Gasteiger partial charge in [-0.2, -0.15) is 5.26 Å². The summed E-state index contributed by atoms with van der Waals surface area (Å²) in [6.07, 6.45) is -2.01. The van der Waals surface area contributed by atoms with Gasteiger partial charge in [0.05, 0.1) is 16.7 Å². The maximum absolute atomic E-state index is 14.4. The highest BCUT2D eigenvalue weighted by Gasteiger charge is 2.39. The van der Waals surface area contributed by atoms with Crippen LogP contribution in [0.1, 0.15) is 63.6 Å². The van der Waals surface area contributed by atoms with Gasteiger partial charge in [-0.3, -0.25) is 14.7 Å². The Balaban J connectivity index is 1.35. The topological polar surface area (TPSA) is 140 Å². The molecular weight excluding hydrogens is 661 g/mol. The summed E-state index contributed by atoms with van der Waals surface area (Å²) in [6.45, 7) is 8.48. The number of rotatable bonds is 12. The van der Waals surface area contributed by atoms with Crippen LogP contribution in [-0.4, -0.2) is 36.9 Å². The van der Waals surface area contributed by atoms with Crippen LogP contribution in [0, 0.1) is 15.8 Å². The van der Waals surface area contributed by atoms with Gasteiger partial charge in [-0.1, -0.05) is 91.1 Å². The Morgan fingerprint density at radius 3 is 2.00 bits per heavy atom. The summed E-state index contributed by atoms with van der Waals surface area (Å²) in [5.41, 5.74) is 4.86. The van der Waals surface area contributed by atoms with Gasteiger partial charge >= 0.3 is 13.7 Å². The first-order chi connectivity index (χ1) is 23.4. The molecule has 2 N–H and O–H groups in total. The number of nitrogens with zero attached hydrogens (tertiary/aromatic N) is 1. The zero-order chi connectivity index (χ0) is 35.3. The molecule has 10 nitrogen and oxygen atoms in total. The molecule has 0 unspecified atom stereocenters. The standard InChI is InChI=1S/C37H38N3O7PS/c1-22(2)46-48(43,47-23(3)4)34-35(49)30(20-38)33(25-13-7-6-8-14-25)45-36(34)40-32(41)19-24(5)39-37(42)44-21-31-28-17-11-9-15-26(28)27-16-10-12-18-29(27)31/h6-18,22-24,31H,19,21H2,1-5H3,(H,39,42)(H,40,41)/t24-/m1/s1. The highest BCUT2D eigenvalue weighted by Crippen LogP contribution is 2.52. The van der Waals surface area contributed by atoms with Crippen molar-refractivity contribution in [2.75, 3.05) is 11.9 Å². The molecule has 4 aromatic rings. The second-order valence-electron chi connectivity index (χ2n) is 12.2. The Morgan fingerprint density at radius 2 is 1.45 bits per heavy atom. The molecule has 1 heterocycles. The lowest BCUT2D eigenvalue weighted by Gasteiger charge is -2.25. The molecule has 1 aliphatic carbocycles. The number of alkyl carbamates (subject to hydrolysis) is 1. The van der Waals surface area contributed by atoms with Crippen LogP contribution >= 0.6 is 19.8 Å². The van der Waals surface area contributed by atoms with E-state index in [9.17, 15) is 19.4 Å². The minimum atomic E-state index is -4.24. The fourth-order valence-electron chi connectivity index (χ4n) is 5.79. The van der Waals surface area contributed by atoms with Gasteiger partial charge in [0.2, 0.25) is 11.8 Å². The molecule has 0 saturated carbocycles. The summed E-state index contributed by atoms with van der Waals surface area (Å²) >= 11 is 5.70. The second-order valence-corrected chi connectivity index (χ2v) is 14.5. The summed E-state index contributed by atoms with van der Waals surface area (Å²) in [5, 5.41) is 15.3. The number of hydrogen-bond acceptors (Lipinski definition) is 9. The van der Waals surface area contributed by atoms with Crippen LogP contribution in [0.15, 0.2) is 83.3 Å². The van der Waals surface area contributed by atoms with Gasteiger partial charge in [-0.15, -0.1) is 0 Å². The van der Waals surface area contributed by atoms with E-state index < -0.39 is 37.8 Å². The number of ether oxygens (including phenoxy) is 1. The van der Waals surface area contributed by atoms with Crippen LogP contribution in [0.5, 0.6) is 0 Å². The van der Waals surface area contributed by atoms with Gasteiger partial charge in [-0.05, 0) is 56.9 Å². The third-order valence-corrected chi connectivity index (χ3v) is 10.6. The first-order valence-corrected chi connectivity index (χ1v) is 17.9. The molecule has 0 saturated heterocycles. The van der Waals surface area contributed by atoms with Gasteiger partial charge in [-0.25, -0.2) is 4.79 Å². The lowest BCUT2D eigenvalue weighted by molar-refractivity contribution is -0.116. The van der Waals surface area contributed by atoms with E-state index >= 15 is 0 Å². The van der Waals surface area contributed by atoms with E-state index in [0.29, 0.717) is 5.56 Å². The maximum Gasteiger partial charge on any atom is 0.407 e. The molecule has 1 aromatic heterocycles. The minimum Gasteiger partial charge on any atom is -0.449 e. The summed E-state index contributed by atoms with van der Waals surface area (Å²) in [5.74, 6) is -0.894. The molecule has 49 heavy (non-hydrogen) atoms. The monoisotopic (exact) mass is 699 g/mol. The van der Waals surface area contributed by atoms with Crippen molar-refractivity contribution in [2.45, 2.75) is 65.2 Å². The van der Waals surface area contributed by atoms with Crippen molar-refractivity contribution in [3.05, 3.63) is 100 Å². The molecule has 0 fully saturated rings. The molecule has 0 bridgehead atoms. The van der Waals surface area contributed by atoms with E-state index in [-0.39, 0.29) is 46.0 Å². The van der Waals surface area contributed by atoms with Gasteiger partial charge in [0.25, 0.3) is 0 Å². The lowest BCUT2D eigenvalue weighted by Crippen LogP contribution is -2.36. The number of nitriles is 1. The van der Waals surface area contributed by atoms with Crippen molar-refractivity contribution < 1.29 is 32.4 Å². The number of nitrogens with one attached hydrogen (secondary N) is 2. The Kier molecular flexibility index (Phi) is 11.2. The first kappa shape index (κ1) is 35.7. The fourth-order valence-corrected chi connectivity index (χ4v) is 8.44. The molecule has 1 atom stereocenters. The van der Waals surface area contributed by atoms with Crippen LogP contribution in [0.4, 0.5) is 10.7 Å². The Hall–Kier alpha value is -4.59. The van der Waals surface area contributed by atoms with Crippen molar-refractivity contribution >= 4 is 43.0 Å². The molecule has 0 spiro atoms. The Bertz CT molecular complexity index is 1950. The van der Waals surface area contributed by atoms with Gasteiger partial charge in [0, 0.05) is 23.9 Å². The number of hydrogen-bond donors (Lipinski definition) is 2. The molecule has 12 heteroatoms. The predicted octanol–water partition coefficient (Wildman–Crippen LogP) is 8.47. The normalized spacial score (nSPS) is 13.0. The lowest BCUT2D eigenvalue weighted by atomic mass is 9.98. The summed E-state index contributed by atoms with van der Waals surface area (Å²) in [4.78, 5) is 26.3. The van der Waals surface area contributed by atoms with E-state index in [1.54, 1.807) is 65.0 Å². The second kappa shape index (κ2) is 15.3. The molecule has 1 aliphatic rings. The molecule has 3 aromatic carbocycles. The Morgan fingerprint density at radius 1 is 0.898 bits per heavy atom. The highest BCUT2D eigenvalue weighted by molar-refractivity contribution is 7.73. The Labute approximate surface area is 290 Å². The first-order valence-electron chi connectivity index (χ1n) is 16.0. The van der Waals surface area contributed by atoms with E-state index in [1.807, 2.05) is 36.4 Å². The average Bonchev–Trinajstić information content (AvgIpc) is 3.36. The van der Waals surface area contributed by atoms with E-state index in [0.717, 1.165) is 22.3 Å². The molecule has 5 rings (SSSR count). The van der Waals surface area contributed by atoms with Crippen LogP contribution < -0.4 is 15.9 Å². The third kappa shape index (κ3) is 8.01. The van der Waals surface area contributed by atoms with Crippen LogP contribution in [-0.2, 0) is 23.1 Å². The van der Waals surface area contributed by atoms with Crippen molar-refractivity contribution in [3.63, 3.8) is 0 Å². The van der Waals surface area contributed by atoms with Crippen LogP contribution in [0.25, 0.3) is 22.5 Å². The maximum atomic E-state index is 14.4. The van der Waals surface area contributed by atoms with E-state index in [2.05, 4.69) is 28.8 Å². The predicted molar refractivity (Wildman–Crippen MR) is 190 cm³/mol. The number of carbonyl (C=O) groups is 2. The number of anilines is 1. The summed E-state index contributed by atoms with van der Waals surface area (Å²) in [6, 6.07) is 26.2. The van der Waals surface area contributed by atoms with Gasteiger partial charge < -0.3 is 23.5 Å². The van der Waals surface area contributed by atoms with E-state index in [1.165, 1.54) is 0 Å². The van der Waals surface area contributed by atoms with Gasteiger partial charge in [0.1, 0.15) is 23.5 Å². The van der Waals surface area contributed by atoms with Crippen LogP contribution in [0.2, 0.25) is 0 Å². The molecule has 0 aliphatic heterocycles. The molecule has 2 amide bonds. The van der Waals surface area contributed by atoms with Crippen molar-refractivity contribution in [1.29, 1.82) is 5.26 Å². The number of amides is 2. The largest absolute Gasteiger partial charge is 0.449 e. The zero-order valence-electron chi connectivity index (χ0n) is 27.9. The van der Waals surface area contributed by atoms with E-state index in [4.69, 9.17) is 30.4 Å². The van der Waals surface area contributed by atoms with Crippen molar-refractivity contribution in [1.82, 2.24) is 5.32 Å². The smallest absolute Gasteiger partial charge is 0.407 e. The third-order valence-electron chi connectivity index (χ3n) is 7.66. The van der Waals surface area contributed by atoms with Crippen molar-refractivity contribution in [2.24, 2.45) is 0 Å². The number of fused-ring (bicyclic) bond motifs is 3. The quantitative estimate of drug-likeness (QED) is 0.110. The summed E-state index contributed by atoms with van der Waals surface area (Å²) < 4.78 is 37.6. The zero-order valence-corrected chi connectivity index (χ0v) is 29.6. The SMILES string of the molecule is CC(C)OP(=O)(OC(C)C)c1c(NC(=O)C[C@@H](C)NC(=O)OCC2c3ccccc3-c3ccccc32)oc(-c2ccccc2)c(C#N)c1=S. The van der Waals surface area contributed by atoms with Gasteiger partial charge in [0.15, 0.2) is 5.76 Å². The molecule has 254 valence electrons. The summed E-state index contributed by atoms with van der Waals surface area (Å²) in [7, 11) is -4.24. The minimum absolute atomic E-state index is 0.0561.